The number of amides is 2. The van der Waals surface area contributed by atoms with Crippen LogP contribution in [-0.4, -0.2) is 25.4 Å². The third kappa shape index (κ3) is 5.68. The highest BCUT2D eigenvalue weighted by Gasteiger charge is 2.03. The Labute approximate surface area is 76.1 Å². The molecule has 0 atom stereocenters. The van der Waals surface area contributed by atoms with Gasteiger partial charge in [0, 0.05) is 5.57 Å². The van der Waals surface area contributed by atoms with Gasteiger partial charge in [-0.3, -0.25) is 0 Å². The summed E-state index contributed by atoms with van der Waals surface area (Å²) in [6.07, 6.45) is 0. The molecule has 0 bridgehead atoms. The molecule has 13 heavy (non-hydrogen) atoms. The van der Waals surface area contributed by atoms with Gasteiger partial charge in [0.25, 0.3) is 0 Å². The van der Waals surface area contributed by atoms with Crippen LogP contribution in [0.1, 0.15) is 6.92 Å². The zero-order chi connectivity index (χ0) is 10.3. The number of nitrogens with one attached hydrogen (secondary N) is 2. The molecule has 0 aliphatic carbocycles. The molecule has 0 saturated heterocycles. The summed E-state index contributed by atoms with van der Waals surface area (Å²) in [5.74, 6) is -0.548. The highest BCUT2D eigenvalue weighted by Crippen LogP contribution is 1.89. The van der Waals surface area contributed by atoms with Crippen molar-refractivity contribution in [2.45, 2.75) is 6.92 Å². The van der Waals surface area contributed by atoms with E-state index in [1.54, 1.807) is 0 Å². The van der Waals surface area contributed by atoms with E-state index >= 15 is 0 Å². The SMILES string of the molecule is C=C(C)C(=O)OCNC(=O)NCN. The molecule has 0 rings (SSSR count). The fourth-order valence-electron chi connectivity index (χ4n) is 0.446. The van der Waals surface area contributed by atoms with E-state index in [1.165, 1.54) is 6.92 Å². The van der Waals surface area contributed by atoms with Crippen molar-refractivity contribution in [2.24, 2.45) is 5.73 Å². The van der Waals surface area contributed by atoms with Crippen LogP contribution in [0.25, 0.3) is 0 Å². The lowest BCUT2D eigenvalue weighted by atomic mass is 10.4. The predicted octanol–water partition coefficient (Wildman–Crippen LogP) is -0.721. The van der Waals surface area contributed by atoms with Crippen LogP contribution < -0.4 is 16.4 Å². The molecular weight excluding hydrogens is 174 g/mol. The number of urea groups is 1. The summed E-state index contributed by atoms with van der Waals surface area (Å²) in [5, 5.41) is 4.52. The molecule has 0 unspecified atom stereocenters. The van der Waals surface area contributed by atoms with E-state index in [-0.39, 0.29) is 19.0 Å². The minimum absolute atomic E-state index is 0.0280. The molecule has 0 aliphatic rings. The minimum atomic E-state index is -0.548. The maximum Gasteiger partial charge on any atom is 0.334 e. The lowest BCUT2D eigenvalue weighted by Crippen LogP contribution is -2.40. The number of hydrogen-bond donors (Lipinski definition) is 3. The van der Waals surface area contributed by atoms with Crippen molar-refractivity contribution in [3.05, 3.63) is 12.2 Å². The summed E-state index contributed by atoms with van der Waals surface area (Å²) in [6.45, 7) is 4.71. The molecule has 0 saturated carbocycles. The Morgan fingerprint density at radius 1 is 1.46 bits per heavy atom. The standard InChI is InChI=1S/C7H13N3O3/c1-5(2)6(11)13-4-10-7(12)9-3-8/h1,3-4,8H2,2H3,(H2,9,10,12). The molecule has 0 radical (unpaired) electrons. The first kappa shape index (κ1) is 11.4. The Kier molecular flexibility index (Phi) is 5.29. The summed E-state index contributed by atoms with van der Waals surface area (Å²) in [6, 6.07) is -0.489. The summed E-state index contributed by atoms with van der Waals surface area (Å²) in [5.41, 5.74) is 5.29. The molecule has 0 aromatic heterocycles. The van der Waals surface area contributed by atoms with Gasteiger partial charge in [-0.05, 0) is 6.92 Å². The normalized spacial score (nSPS) is 8.77. The van der Waals surface area contributed by atoms with Gasteiger partial charge >= 0.3 is 12.0 Å². The van der Waals surface area contributed by atoms with Gasteiger partial charge in [-0.1, -0.05) is 6.58 Å². The van der Waals surface area contributed by atoms with Crippen molar-refractivity contribution in [3.63, 3.8) is 0 Å². The van der Waals surface area contributed by atoms with E-state index < -0.39 is 12.0 Å². The fraction of sp³-hybridized carbons (Fsp3) is 0.429. The van der Waals surface area contributed by atoms with Crippen LogP contribution in [0.15, 0.2) is 12.2 Å². The maximum absolute atomic E-state index is 10.8. The van der Waals surface area contributed by atoms with Gasteiger partial charge in [-0.2, -0.15) is 0 Å². The molecule has 6 heteroatoms. The van der Waals surface area contributed by atoms with Gasteiger partial charge in [0.15, 0.2) is 6.73 Å². The van der Waals surface area contributed by atoms with E-state index in [0.717, 1.165) is 0 Å². The van der Waals surface area contributed by atoms with Gasteiger partial charge in [-0.15, -0.1) is 0 Å². The topological polar surface area (TPSA) is 93.4 Å². The molecule has 0 fully saturated rings. The van der Waals surface area contributed by atoms with Crippen LogP contribution in [0, 0.1) is 0 Å². The third-order valence-corrected chi connectivity index (χ3v) is 1.05. The molecule has 4 N–H and O–H groups in total. The largest absolute Gasteiger partial charge is 0.441 e. The van der Waals surface area contributed by atoms with Crippen molar-refractivity contribution in [2.75, 3.05) is 13.4 Å². The molecule has 0 heterocycles. The molecule has 2 amide bonds. The van der Waals surface area contributed by atoms with Crippen molar-refractivity contribution in [1.29, 1.82) is 0 Å². The zero-order valence-corrected chi connectivity index (χ0v) is 7.42. The molecule has 0 aromatic rings. The van der Waals surface area contributed by atoms with Gasteiger partial charge in [0.05, 0.1) is 6.67 Å². The van der Waals surface area contributed by atoms with Crippen LogP contribution in [-0.2, 0) is 9.53 Å². The zero-order valence-electron chi connectivity index (χ0n) is 7.42. The molecule has 0 aromatic carbocycles. The molecule has 0 aliphatic heterocycles. The van der Waals surface area contributed by atoms with E-state index in [1.807, 2.05) is 0 Å². The predicted molar refractivity (Wildman–Crippen MR) is 46.5 cm³/mol. The smallest absolute Gasteiger partial charge is 0.334 e. The Hall–Kier alpha value is -1.56. The van der Waals surface area contributed by atoms with Gasteiger partial charge in [-0.25, -0.2) is 9.59 Å². The van der Waals surface area contributed by atoms with E-state index in [0.29, 0.717) is 0 Å². The number of ether oxygens (including phenoxy) is 1. The Morgan fingerprint density at radius 3 is 2.54 bits per heavy atom. The number of carbonyl (C=O) groups is 2. The quantitative estimate of drug-likeness (QED) is 0.307. The second kappa shape index (κ2) is 6.01. The second-order valence-electron chi connectivity index (χ2n) is 2.24. The van der Waals surface area contributed by atoms with Crippen LogP contribution in [0.3, 0.4) is 0 Å². The lowest BCUT2D eigenvalue weighted by molar-refractivity contribution is -0.139. The van der Waals surface area contributed by atoms with Crippen LogP contribution in [0.2, 0.25) is 0 Å². The van der Waals surface area contributed by atoms with E-state index in [9.17, 15) is 9.59 Å². The first-order valence-corrected chi connectivity index (χ1v) is 3.62. The Balaban J connectivity index is 3.50. The molecule has 0 spiro atoms. The fourth-order valence-corrected chi connectivity index (χ4v) is 0.446. The van der Waals surface area contributed by atoms with Crippen LogP contribution >= 0.6 is 0 Å². The summed E-state index contributed by atoms with van der Waals surface area (Å²) in [4.78, 5) is 21.4. The molecular formula is C7H13N3O3. The number of esters is 1. The molecule has 74 valence electrons. The summed E-state index contributed by atoms with van der Waals surface area (Å²) >= 11 is 0. The average Bonchev–Trinajstić information content (AvgIpc) is 2.04. The van der Waals surface area contributed by atoms with Crippen molar-refractivity contribution >= 4 is 12.0 Å². The highest BCUT2D eigenvalue weighted by molar-refractivity contribution is 5.87. The lowest BCUT2D eigenvalue weighted by Gasteiger charge is -2.06. The first-order valence-electron chi connectivity index (χ1n) is 3.62. The van der Waals surface area contributed by atoms with Crippen LogP contribution in [0.5, 0.6) is 0 Å². The summed E-state index contributed by atoms with van der Waals surface area (Å²) in [7, 11) is 0. The average molecular weight is 187 g/mol. The second-order valence-corrected chi connectivity index (χ2v) is 2.24. The first-order chi connectivity index (χ1) is 6.07. The van der Waals surface area contributed by atoms with Crippen molar-refractivity contribution < 1.29 is 14.3 Å². The van der Waals surface area contributed by atoms with Crippen LogP contribution in [0.4, 0.5) is 4.79 Å². The summed E-state index contributed by atoms with van der Waals surface area (Å²) < 4.78 is 4.57. The Bertz CT molecular complexity index is 215. The number of hydrogen-bond acceptors (Lipinski definition) is 4. The van der Waals surface area contributed by atoms with Crippen molar-refractivity contribution in [3.8, 4) is 0 Å². The van der Waals surface area contributed by atoms with Crippen molar-refractivity contribution in [1.82, 2.24) is 10.6 Å². The van der Waals surface area contributed by atoms with Gasteiger partial charge in [0.2, 0.25) is 0 Å². The Morgan fingerprint density at radius 2 is 2.08 bits per heavy atom. The highest BCUT2D eigenvalue weighted by atomic mass is 16.5. The monoisotopic (exact) mass is 187 g/mol. The minimum Gasteiger partial charge on any atom is -0.441 e. The van der Waals surface area contributed by atoms with E-state index in [2.05, 4.69) is 21.9 Å². The third-order valence-electron chi connectivity index (χ3n) is 1.05. The number of carbonyl (C=O) groups excluding carboxylic acids is 2. The van der Waals surface area contributed by atoms with Gasteiger partial charge < -0.3 is 21.1 Å². The molecule has 6 nitrogen and oxygen atoms in total. The maximum atomic E-state index is 10.8. The number of rotatable bonds is 4. The van der Waals surface area contributed by atoms with E-state index in [4.69, 9.17) is 5.73 Å². The number of nitrogens with two attached hydrogens (primary N) is 1. The van der Waals surface area contributed by atoms with Gasteiger partial charge in [0.1, 0.15) is 0 Å².